The van der Waals surface area contributed by atoms with E-state index in [0.717, 1.165) is 31.0 Å². The molecule has 1 aliphatic heterocycles. The number of amides is 1. The number of piperidine rings is 1. The van der Waals surface area contributed by atoms with Gasteiger partial charge in [-0.25, -0.2) is 0 Å². The van der Waals surface area contributed by atoms with Gasteiger partial charge in [0.1, 0.15) is 0 Å². The minimum absolute atomic E-state index is 0.192. The zero-order valence-electron chi connectivity index (χ0n) is 15.1. The molecule has 0 aromatic heterocycles. The largest absolute Gasteiger partial charge is 0.342 e. The number of benzene rings is 1. The maximum absolute atomic E-state index is 11.5. The standard InChI is InChI=1S/C15H20ClNO.2C2H6/c1-12(18)17-9-3-8-15(2,11-17)10-13-4-6-14(16)7-5-13;2*1-2/h4-7H,3,8-11H2,1-2H3;2*1-2H3. The van der Waals surface area contributed by atoms with Gasteiger partial charge in [0.25, 0.3) is 0 Å². The number of hydrogen-bond donors (Lipinski definition) is 0. The second-order valence-corrected chi connectivity index (χ2v) is 6.09. The molecule has 1 amide bonds. The molecular weight excluding hydrogens is 294 g/mol. The van der Waals surface area contributed by atoms with Crippen LogP contribution in [0.15, 0.2) is 24.3 Å². The van der Waals surface area contributed by atoms with Crippen molar-refractivity contribution in [2.45, 2.75) is 60.8 Å². The van der Waals surface area contributed by atoms with Crippen LogP contribution in [0.4, 0.5) is 0 Å². The van der Waals surface area contributed by atoms with Gasteiger partial charge in [-0.1, -0.05) is 58.4 Å². The van der Waals surface area contributed by atoms with E-state index in [1.807, 2.05) is 44.7 Å². The van der Waals surface area contributed by atoms with E-state index in [4.69, 9.17) is 11.6 Å². The van der Waals surface area contributed by atoms with Crippen LogP contribution in [0.3, 0.4) is 0 Å². The van der Waals surface area contributed by atoms with Crippen molar-refractivity contribution in [2.24, 2.45) is 5.41 Å². The topological polar surface area (TPSA) is 20.3 Å². The molecule has 0 radical (unpaired) electrons. The Bertz CT molecular complexity index is 430. The van der Waals surface area contributed by atoms with Gasteiger partial charge < -0.3 is 4.90 Å². The summed E-state index contributed by atoms with van der Waals surface area (Å²) < 4.78 is 0. The van der Waals surface area contributed by atoms with E-state index in [-0.39, 0.29) is 11.3 Å². The lowest BCUT2D eigenvalue weighted by atomic mass is 9.77. The number of carbonyl (C=O) groups excluding carboxylic acids is 1. The maximum atomic E-state index is 11.5. The minimum Gasteiger partial charge on any atom is -0.342 e. The lowest BCUT2D eigenvalue weighted by Gasteiger charge is -2.40. The molecule has 3 heteroatoms. The third-order valence-electron chi connectivity index (χ3n) is 3.77. The number of rotatable bonds is 2. The summed E-state index contributed by atoms with van der Waals surface area (Å²) in [7, 11) is 0. The van der Waals surface area contributed by atoms with Crippen molar-refractivity contribution in [2.75, 3.05) is 13.1 Å². The Morgan fingerprint density at radius 1 is 1.18 bits per heavy atom. The normalized spacial score (nSPS) is 20.2. The predicted octanol–water partition coefficient (Wildman–Crippen LogP) is 5.58. The van der Waals surface area contributed by atoms with E-state index >= 15 is 0 Å². The van der Waals surface area contributed by atoms with Gasteiger partial charge in [0.15, 0.2) is 0 Å². The number of halogens is 1. The fraction of sp³-hybridized carbons (Fsp3) is 0.632. The molecule has 0 N–H and O–H groups in total. The lowest BCUT2D eigenvalue weighted by Crippen LogP contribution is -2.44. The van der Waals surface area contributed by atoms with Crippen molar-refractivity contribution in [1.82, 2.24) is 4.90 Å². The van der Waals surface area contributed by atoms with Gasteiger partial charge in [-0.05, 0) is 42.4 Å². The molecule has 0 saturated carbocycles. The van der Waals surface area contributed by atoms with E-state index in [1.165, 1.54) is 12.0 Å². The average molecular weight is 326 g/mol. The molecule has 2 rings (SSSR count). The Hall–Kier alpha value is -1.02. The Morgan fingerprint density at radius 3 is 2.23 bits per heavy atom. The first-order chi connectivity index (χ1) is 10.5. The van der Waals surface area contributed by atoms with Crippen molar-refractivity contribution in [3.8, 4) is 0 Å². The molecule has 0 bridgehead atoms. The zero-order chi connectivity index (χ0) is 17.2. The fourth-order valence-corrected chi connectivity index (χ4v) is 2.95. The summed E-state index contributed by atoms with van der Waals surface area (Å²) in [6, 6.07) is 8.04. The summed E-state index contributed by atoms with van der Waals surface area (Å²) in [5.74, 6) is 0.192. The Morgan fingerprint density at radius 2 is 1.73 bits per heavy atom. The second-order valence-electron chi connectivity index (χ2n) is 5.66. The molecule has 1 unspecified atom stereocenters. The van der Waals surface area contributed by atoms with E-state index in [2.05, 4.69) is 19.1 Å². The van der Waals surface area contributed by atoms with Crippen LogP contribution in [0.25, 0.3) is 0 Å². The predicted molar refractivity (Wildman–Crippen MR) is 97.4 cm³/mol. The van der Waals surface area contributed by atoms with E-state index in [9.17, 15) is 4.79 Å². The van der Waals surface area contributed by atoms with Crippen molar-refractivity contribution < 1.29 is 4.79 Å². The SMILES string of the molecule is CC.CC.CC(=O)N1CCCC(C)(Cc2ccc(Cl)cc2)C1. The number of carbonyl (C=O) groups is 1. The molecule has 126 valence electrons. The summed E-state index contributed by atoms with van der Waals surface area (Å²) in [6.07, 6.45) is 3.29. The van der Waals surface area contributed by atoms with Gasteiger partial charge in [-0.3, -0.25) is 4.79 Å². The quantitative estimate of drug-likeness (QED) is 0.694. The van der Waals surface area contributed by atoms with Crippen LogP contribution < -0.4 is 0 Å². The van der Waals surface area contributed by atoms with Crippen LogP contribution in [-0.4, -0.2) is 23.9 Å². The molecule has 1 heterocycles. The van der Waals surface area contributed by atoms with Crippen molar-refractivity contribution in [3.63, 3.8) is 0 Å². The van der Waals surface area contributed by atoms with E-state index < -0.39 is 0 Å². The second kappa shape index (κ2) is 10.7. The third kappa shape index (κ3) is 6.83. The Balaban J connectivity index is 0.00000102. The molecule has 0 aliphatic carbocycles. The van der Waals surface area contributed by atoms with Gasteiger partial charge in [0.2, 0.25) is 5.91 Å². The maximum Gasteiger partial charge on any atom is 0.219 e. The molecule has 1 aromatic rings. The van der Waals surface area contributed by atoms with Crippen LogP contribution in [-0.2, 0) is 11.2 Å². The van der Waals surface area contributed by atoms with Crippen molar-refractivity contribution >= 4 is 17.5 Å². The average Bonchev–Trinajstić information content (AvgIpc) is 2.53. The molecule has 2 nitrogen and oxygen atoms in total. The number of nitrogens with zero attached hydrogens (tertiary/aromatic N) is 1. The van der Waals surface area contributed by atoms with Crippen LogP contribution in [0, 0.1) is 5.41 Å². The summed E-state index contributed by atoms with van der Waals surface area (Å²) in [6.45, 7) is 13.7. The van der Waals surface area contributed by atoms with Gasteiger partial charge in [-0.2, -0.15) is 0 Å². The highest BCUT2D eigenvalue weighted by Crippen LogP contribution is 2.33. The van der Waals surface area contributed by atoms with Gasteiger partial charge >= 0.3 is 0 Å². The summed E-state index contributed by atoms with van der Waals surface area (Å²) in [5.41, 5.74) is 1.49. The molecule has 1 saturated heterocycles. The van der Waals surface area contributed by atoms with Gasteiger partial charge in [0, 0.05) is 25.0 Å². The highest BCUT2D eigenvalue weighted by atomic mass is 35.5. The first-order valence-electron chi connectivity index (χ1n) is 8.48. The molecule has 1 aliphatic rings. The first-order valence-corrected chi connectivity index (χ1v) is 8.86. The lowest BCUT2D eigenvalue weighted by molar-refractivity contribution is -0.132. The molecule has 1 fully saturated rings. The highest BCUT2D eigenvalue weighted by Gasteiger charge is 2.32. The first kappa shape index (κ1) is 21.0. The van der Waals surface area contributed by atoms with Crippen molar-refractivity contribution in [3.05, 3.63) is 34.9 Å². The molecule has 1 aromatic carbocycles. The number of hydrogen-bond acceptors (Lipinski definition) is 1. The van der Waals surface area contributed by atoms with Crippen LogP contribution in [0.1, 0.15) is 59.9 Å². The molecule has 1 atom stereocenters. The highest BCUT2D eigenvalue weighted by molar-refractivity contribution is 6.30. The molecular formula is C19H32ClNO. The summed E-state index contributed by atoms with van der Waals surface area (Å²) in [4.78, 5) is 13.5. The summed E-state index contributed by atoms with van der Waals surface area (Å²) in [5, 5.41) is 0.776. The zero-order valence-corrected chi connectivity index (χ0v) is 15.8. The Kier molecular flexibility index (Phi) is 10.2. The third-order valence-corrected chi connectivity index (χ3v) is 4.02. The van der Waals surface area contributed by atoms with E-state index in [0.29, 0.717) is 0 Å². The van der Waals surface area contributed by atoms with Crippen LogP contribution >= 0.6 is 11.6 Å². The Labute approximate surface area is 141 Å². The van der Waals surface area contributed by atoms with Gasteiger partial charge in [-0.15, -0.1) is 0 Å². The summed E-state index contributed by atoms with van der Waals surface area (Å²) >= 11 is 5.90. The van der Waals surface area contributed by atoms with E-state index in [1.54, 1.807) is 6.92 Å². The van der Waals surface area contributed by atoms with Crippen LogP contribution in [0.2, 0.25) is 5.02 Å². The van der Waals surface area contributed by atoms with Gasteiger partial charge in [0.05, 0.1) is 0 Å². The number of likely N-dealkylation sites (tertiary alicyclic amines) is 1. The smallest absolute Gasteiger partial charge is 0.219 e. The van der Waals surface area contributed by atoms with Crippen LogP contribution in [0.5, 0.6) is 0 Å². The monoisotopic (exact) mass is 325 g/mol. The fourth-order valence-electron chi connectivity index (χ4n) is 2.82. The minimum atomic E-state index is 0.192. The molecule has 0 spiro atoms. The van der Waals surface area contributed by atoms with Crippen molar-refractivity contribution in [1.29, 1.82) is 0 Å². The molecule has 22 heavy (non-hydrogen) atoms.